The molecule has 1 aromatic rings. The third-order valence-corrected chi connectivity index (χ3v) is 5.68. The number of benzene rings is 1. The minimum Gasteiger partial charge on any atom is -0.156 e. The Morgan fingerprint density at radius 1 is 0.762 bits per heavy atom. The highest BCUT2D eigenvalue weighted by atomic mass is 31.1. The van der Waals surface area contributed by atoms with Crippen molar-refractivity contribution in [1.82, 2.24) is 0 Å². The molecule has 0 radical (unpaired) electrons. The number of hydrogen-bond donors (Lipinski definition) is 1. The predicted octanol–water partition coefficient (Wildman–Crippen LogP) is 5.19. The lowest BCUT2D eigenvalue weighted by Crippen LogP contribution is -2.20. The SMILES string of the molecule is C1CCC(C2CCCCC2)CC1.O=[P+](O)c1ccccc1. The zero-order valence-electron chi connectivity index (χ0n) is 12.9. The van der Waals surface area contributed by atoms with Gasteiger partial charge in [0.05, 0.1) is 0 Å². The van der Waals surface area contributed by atoms with E-state index >= 15 is 0 Å². The Morgan fingerprint density at radius 2 is 1.19 bits per heavy atom. The average Bonchev–Trinajstić information content (AvgIpc) is 2.58. The monoisotopic (exact) mass is 307 g/mol. The van der Waals surface area contributed by atoms with Crippen LogP contribution in [0.4, 0.5) is 0 Å². The highest BCUT2D eigenvalue weighted by molar-refractivity contribution is 7.47. The molecule has 2 saturated carbocycles. The highest BCUT2D eigenvalue weighted by Crippen LogP contribution is 2.37. The third-order valence-electron chi connectivity index (χ3n) is 4.94. The largest absolute Gasteiger partial charge is 0.546 e. The van der Waals surface area contributed by atoms with Gasteiger partial charge in [0.1, 0.15) is 0 Å². The molecule has 1 aromatic carbocycles. The van der Waals surface area contributed by atoms with E-state index in [0.717, 1.165) is 11.8 Å². The molecule has 2 nitrogen and oxygen atoms in total. The summed E-state index contributed by atoms with van der Waals surface area (Å²) in [5.74, 6) is 2.28. The number of rotatable bonds is 2. The summed E-state index contributed by atoms with van der Waals surface area (Å²) in [4.78, 5) is 8.53. The van der Waals surface area contributed by atoms with Gasteiger partial charge in [-0.25, -0.2) is 0 Å². The Morgan fingerprint density at radius 3 is 1.52 bits per heavy atom. The van der Waals surface area contributed by atoms with E-state index in [1.165, 1.54) is 38.5 Å². The van der Waals surface area contributed by atoms with Gasteiger partial charge in [0.15, 0.2) is 0 Å². The van der Waals surface area contributed by atoms with Gasteiger partial charge in [-0.05, 0) is 28.5 Å². The fourth-order valence-corrected chi connectivity index (χ4v) is 4.19. The van der Waals surface area contributed by atoms with E-state index in [0.29, 0.717) is 5.30 Å². The first kappa shape index (κ1) is 16.6. The van der Waals surface area contributed by atoms with Crippen LogP contribution in [0.5, 0.6) is 0 Å². The van der Waals surface area contributed by atoms with E-state index in [2.05, 4.69) is 0 Å². The van der Waals surface area contributed by atoms with Gasteiger partial charge in [-0.1, -0.05) is 82.4 Å². The standard InChI is InChI=1S/C12H22.C6H5O2P/c1-3-7-11(8-4-1)12-9-5-2-6-10-12;7-9(8)6-4-2-1-3-5-6/h11-12H,1-10H2;1-5H/p+1. The lowest BCUT2D eigenvalue weighted by atomic mass is 9.73. The van der Waals surface area contributed by atoms with Gasteiger partial charge in [-0.3, -0.25) is 0 Å². The molecule has 1 N–H and O–H groups in total. The first-order valence-electron chi connectivity index (χ1n) is 8.48. The molecule has 3 heteroatoms. The summed E-state index contributed by atoms with van der Waals surface area (Å²) in [7, 11) is -2.15. The van der Waals surface area contributed by atoms with Crippen molar-refractivity contribution in [3.05, 3.63) is 30.3 Å². The highest BCUT2D eigenvalue weighted by Gasteiger charge is 2.24. The van der Waals surface area contributed by atoms with Crippen molar-refractivity contribution in [3.8, 4) is 0 Å². The van der Waals surface area contributed by atoms with E-state index < -0.39 is 8.03 Å². The molecule has 0 aliphatic heterocycles. The van der Waals surface area contributed by atoms with Crippen molar-refractivity contribution in [2.45, 2.75) is 64.2 Å². The smallest absolute Gasteiger partial charge is 0.156 e. The van der Waals surface area contributed by atoms with E-state index in [1.54, 1.807) is 49.9 Å². The van der Waals surface area contributed by atoms with Crippen molar-refractivity contribution in [2.75, 3.05) is 0 Å². The van der Waals surface area contributed by atoms with Gasteiger partial charge in [0.25, 0.3) is 0 Å². The minimum absolute atomic E-state index is 0.479. The summed E-state index contributed by atoms with van der Waals surface area (Å²) in [6.45, 7) is 0. The average molecular weight is 307 g/mol. The molecule has 0 saturated heterocycles. The molecule has 2 fully saturated rings. The maximum absolute atomic E-state index is 10.3. The quantitative estimate of drug-likeness (QED) is 0.763. The van der Waals surface area contributed by atoms with Gasteiger partial charge in [-0.2, -0.15) is 4.89 Å². The molecular weight excluding hydrogens is 279 g/mol. The summed E-state index contributed by atoms with van der Waals surface area (Å²) >= 11 is 0. The van der Waals surface area contributed by atoms with E-state index in [9.17, 15) is 4.57 Å². The summed E-state index contributed by atoms with van der Waals surface area (Å²) in [6.07, 6.45) is 15.4. The third kappa shape index (κ3) is 5.88. The minimum atomic E-state index is -2.15. The van der Waals surface area contributed by atoms with Crippen LogP contribution in [0, 0.1) is 11.8 Å². The zero-order valence-corrected chi connectivity index (χ0v) is 13.8. The Kier molecular flexibility index (Phi) is 7.39. The Balaban J connectivity index is 0.000000161. The van der Waals surface area contributed by atoms with Gasteiger partial charge < -0.3 is 0 Å². The van der Waals surface area contributed by atoms with E-state index in [4.69, 9.17) is 4.89 Å². The second-order valence-electron chi connectivity index (χ2n) is 6.40. The topological polar surface area (TPSA) is 37.3 Å². The van der Waals surface area contributed by atoms with Crippen LogP contribution in [-0.2, 0) is 4.57 Å². The van der Waals surface area contributed by atoms with Crippen molar-refractivity contribution in [2.24, 2.45) is 11.8 Å². The van der Waals surface area contributed by atoms with Gasteiger partial charge in [0.2, 0.25) is 5.30 Å². The Labute approximate surface area is 129 Å². The first-order chi connectivity index (χ1) is 10.3. The van der Waals surface area contributed by atoms with Crippen LogP contribution < -0.4 is 5.30 Å². The summed E-state index contributed by atoms with van der Waals surface area (Å²) in [6, 6.07) is 8.53. The zero-order chi connectivity index (χ0) is 14.9. The van der Waals surface area contributed by atoms with Crippen molar-refractivity contribution < 1.29 is 9.46 Å². The summed E-state index contributed by atoms with van der Waals surface area (Å²) in [5.41, 5.74) is 0. The van der Waals surface area contributed by atoms with Crippen LogP contribution in [0.3, 0.4) is 0 Å². The molecule has 2 aliphatic carbocycles. The molecule has 3 rings (SSSR count). The van der Waals surface area contributed by atoms with Crippen LogP contribution >= 0.6 is 8.03 Å². The van der Waals surface area contributed by atoms with Crippen LogP contribution in [-0.4, -0.2) is 4.89 Å². The van der Waals surface area contributed by atoms with Crippen molar-refractivity contribution in [3.63, 3.8) is 0 Å². The molecule has 1 unspecified atom stereocenters. The molecule has 2 aliphatic rings. The molecule has 21 heavy (non-hydrogen) atoms. The van der Waals surface area contributed by atoms with Gasteiger partial charge in [-0.15, -0.1) is 0 Å². The van der Waals surface area contributed by atoms with Crippen LogP contribution in [0.2, 0.25) is 0 Å². The Bertz CT molecular complexity index is 390. The van der Waals surface area contributed by atoms with Crippen LogP contribution in [0.25, 0.3) is 0 Å². The Hall–Kier alpha value is -0.720. The molecule has 0 heterocycles. The lowest BCUT2D eigenvalue weighted by Gasteiger charge is -2.32. The molecule has 1 atom stereocenters. The second kappa shape index (κ2) is 9.33. The molecule has 0 aromatic heterocycles. The molecule has 116 valence electrons. The van der Waals surface area contributed by atoms with E-state index in [1.807, 2.05) is 6.07 Å². The maximum Gasteiger partial charge on any atom is 0.546 e. The van der Waals surface area contributed by atoms with Crippen molar-refractivity contribution >= 4 is 13.3 Å². The van der Waals surface area contributed by atoms with E-state index in [-0.39, 0.29) is 0 Å². The molecule has 0 amide bonds. The van der Waals surface area contributed by atoms with Gasteiger partial charge in [0, 0.05) is 0 Å². The normalized spacial score (nSPS) is 21.3. The fraction of sp³-hybridized carbons (Fsp3) is 0.667. The molecule has 0 bridgehead atoms. The number of hydrogen-bond acceptors (Lipinski definition) is 1. The van der Waals surface area contributed by atoms with Gasteiger partial charge >= 0.3 is 8.03 Å². The van der Waals surface area contributed by atoms with Crippen LogP contribution in [0.15, 0.2) is 30.3 Å². The summed E-state index contributed by atoms with van der Waals surface area (Å²) in [5, 5.41) is 0.479. The molecular formula is C18H28O2P+. The summed E-state index contributed by atoms with van der Waals surface area (Å²) < 4.78 is 10.3. The van der Waals surface area contributed by atoms with Crippen molar-refractivity contribution in [1.29, 1.82) is 0 Å². The predicted molar refractivity (Wildman–Crippen MR) is 89.1 cm³/mol. The molecule has 0 spiro atoms. The first-order valence-corrected chi connectivity index (χ1v) is 9.70. The fourth-order valence-electron chi connectivity index (χ4n) is 3.77. The van der Waals surface area contributed by atoms with Crippen LogP contribution in [0.1, 0.15) is 64.2 Å². The second-order valence-corrected chi connectivity index (χ2v) is 7.47. The maximum atomic E-state index is 10.3. The lowest BCUT2D eigenvalue weighted by molar-refractivity contribution is 0.196.